The summed E-state index contributed by atoms with van der Waals surface area (Å²) in [4.78, 5) is 4.12. The molecule has 2 heterocycles. The zero-order valence-corrected chi connectivity index (χ0v) is 5.81. The quantitative estimate of drug-likeness (QED) is 0.577. The minimum Gasteiger partial charge on any atom is -0.255 e. The molecule has 1 radical (unpaired) electrons. The number of pyridine rings is 1. The SMILES string of the molecule is C1=CC(c2ccccn2)=N[N]1. The van der Waals surface area contributed by atoms with E-state index in [-0.39, 0.29) is 0 Å². The summed E-state index contributed by atoms with van der Waals surface area (Å²) in [6.45, 7) is 0. The van der Waals surface area contributed by atoms with Gasteiger partial charge in [-0.15, -0.1) is 5.10 Å². The van der Waals surface area contributed by atoms with E-state index < -0.39 is 0 Å². The van der Waals surface area contributed by atoms with Crippen LogP contribution in [0.4, 0.5) is 0 Å². The van der Waals surface area contributed by atoms with Gasteiger partial charge in [-0.25, -0.2) is 0 Å². The molecule has 53 valence electrons. The van der Waals surface area contributed by atoms with Crippen molar-refractivity contribution < 1.29 is 0 Å². The molecule has 1 aliphatic rings. The summed E-state index contributed by atoms with van der Waals surface area (Å²) < 4.78 is 0. The first-order valence-electron chi connectivity index (χ1n) is 3.32. The van der Waals surface area contributed by atoms with E-state index in [4.69, 9.17) is 0 Å². The molecule has 3 heteroatoms. The molecule has 1 aromatic heterocycles. The molecule has 0 unspecified atom stereocenters. The summed E-state index contributed by atoms with van der Waals surface area (Å²) in [6, 6.07) is 5.71. The fraction of sp³-hybridized carbons (Fsp3) is 0. The Bertz CT molecular complexity index is 300. The van der Waals surface area contributed by atoms with Gasteiger partial charge < -0.3 is 0 Å². The van der Waals surface area contributed by atoms with E-state index >= 15 is 0 Å². The van der Waals surface area contributed by atoms with Crippen molar-refractivity contribution in [1.82, 2.24) is 10.4 Å². The zero-order chi connectivity index (χ0) is 7.52. The third-order valence-electron chi connectivity index (χ3n) is 1.39. The van der Waals surface area contributed by atoms with Crippen molar-refractivity contribution in [2.45, 2.75) is 0 Å². The molecule has 0 atom stereocenters. The molecule has 2 rings (SSSR count). The summed E-state index contributed by atoms with van der Waals surface area (Å²) in [7, 11) is 0. The lowest BCUT2D eigenvalue weighted by Crippen LogP contribution is -1.96. The van der Waals surface area contributed by atoms with Gasteiger partial charge in [-0.2, -0.15) is 5.43 Å². The highest BCUT2D eigenvalue weighted by atomic mass is 15.3. The molecule has 0 amide bonds. The number of allylic oxidation sites excluding steroid dienone is 1. The van der Waals surface area contributed by atoms with Crippen molar-refractivity contribution >= 4 is 5.71 Å². The van der Waals surface area contributed by atoms with E-state index in [2.05, 4.69) is 15.5 Å². The van der Waals surface area contributed by atoms with Crippen molar-refractivity contribution in [2.75, 3.05) is 0 Å². The van der Waals surface area contributed by atoms with E-state index in [9.17, 15) is 0 Å². The minimum atomic E-state index is 0.825. The molecule has 0 N–H and O–H groups in total. The van der Waals surface area contributed by atoms with Crippen LogP contribution in [0.2, 0.25) is 0 Å². The van der Waals surface area contributed by atoms with Crippen molar-refractivity contribution in [2.24, 2.45) is 5.10 Å². The fourth-order valence-corrected chi connectivity index (χ4v) is 0.884. The molecule has 0 aromatic carbocycles. The Labute approximate surface area is 64.5 Å². The van der Waals surface area contributed by atoms with Crippen LogP contribution in [0.3, 0.4) is 0 Å². The minimum absolute atomic E-state index is 0.825. The molecule has 0 fully saturated rings. The van der Waals surface area contributed by atoms with Crippen LogP contribution in [0.25, 0.3) is 0 Å². The molecule has 0 saturated heterocycles. The van der Waals surface area contributed by atoms with Gasteiger partial charge >= 0.3 is 0 Å². The third kappa shape index (κ3) is 1.12. The van der Waals surface area contributed by atoms with Crippen molar-refractivity contribution in [3.63, 3.8) is 0 Å². The second kappa shape index (κ2) is 2.54. The van der Waals surface area contributed by atoms with E-state index in [0.29, 0.717) is 0 Å². The highest BCUT2D eigenvalue weighted by molar-refractivity contribution is 6.07. The van der Waals surface area contributed by atoms with Gasteiger partial charge in [-0.3, -0.25) is 4.98 Å². The normalized spacial score (nSPS) is 14.4. The number of aromatic nitrogens is 1. The number of hydrogen-bond acceptors (Lipinski definition) is 2. The van der Waals surface area contributed by atoms with E-state index in [1.807, 2.05) is 24.3 Å². The van der Waals surface area contributed by atoms with Crippen molar-refractivity contribution in [1.29, 1.82) is 0 Å². The standard InChI is InChI=1S/C8H6N3/c1-2-5-9-7(3-1)8-4-6-10-11-8/h1-6H. The first kappa shape index (κ1) is 6.09. The van der Waals surface area contributed by atoms with Gasteiger partial charge in [0.05, 0.1) is 11.9 Å². The van der Waals surface area contributed by atoms with Crippen LogP contribution >= 0.6 is 0 Å². The fourth-order valence-electron chi connectivity index (χ4n) is 0.884. The molecule has 0 bridgehead atoms. The first-order chi connectivity index (χ1) is 5.47. The van der Waals surface area contributed by atoms with Crippen LogP contribution < -0.4 is 5.43 Å². The Kier molecular flexibility index (Phi) is 1.41. The predicted molar refractivity (Wildman–Crippen MR) is 42.0 cm³/mol. The second-order valence-electron chi connectivity index (χ2n) is 2.13. The molecular formula is C8H6N3. The summed E-state index contributed by atoms with van der Waals surface area (Å²) in [5.41, 5.74) is 5.40. The largest absolute Gasteiger partial charge is 0.255 e. The van der Waals surface area contributed by atoms with E-state index in [1.165, 1.54) is 0 Å². The Hall–Kier alpha value is -1.64. The number of rotatable bonds is 1. The van der Waals surface area contributed by atoms with Crippen molar-refractivity contribution in [3.05, 3.63) is 42.4 Å². The summed E-state index contributed by atoms with van der Waals surface area (Å²) >= 11 is 0. The maximum atomic E-state index is 4.12. The topological polar surface area (TPSA) is 39.4 Å². The van der Waals surface area contributed by atoms with Crippen LogP contribution in [-0.4, -0.2) is 10.7 Å². The zero-order valence-electron chi connectivity index (χ0n) is 5.81. The lowest BCUT2D eigenvalue weighted by atomic mass is 10.2. The van der Waals surface area contributed by atoms with Crippen LogP contribution in [0.5, 0.6) is 0 Å². The lowest BCUT2D eigenvalue weighted by Gasteiger charge is -1.92. The highest BCUT2D eigenvalue weighted by Crippen LogP contribution is 2.01. The second-order valence-corrected chi connectivity index (χ2v) is 2.13. The summed E-state index contributed by atoms with van der Waals surface area (Å²) in [6.07, 6.45) is 5.23. The molecule has 1 aliphatic heterocycles. The lowest BCUT2D eigenvalue weighted by molar-refractivity contribution is 0.970. The van der Waals surface area contributed by atoms with Crippen LogP contribution in [0.1, 0.15) is 5.69 Å². The summed E-state index contributed by atoms with van der Waals surface area (Å²) in [5.74, 6) is 0. The van der Waals surface area contributed by atoms with Gasteiger partial charge in [0.2, 0.25) is 0 Å². The van der Waals surface area contributed by atoms with Gasteiger partial charge in [0.15, 0.2) is 0 Å². The van der Waals surface area contributed by atoms with Gasteiger partial charge in [0.1, 0.15) is 5.71 Å². The Balaban J connectivity index is 2.37. The monoisotopic (exact) mass is 144 g/mol. The first-order valence-corrected chi connectivity index (χ1v) is 3.32. The molecule has 0 aliphatic carbocycles. The van der Waals surface area contributed by atoms with Gasteiger partial charge in [0, 0.05) is 6.20 Å². The smallest absolute Gasteiger partial charge is 0.113 e. The average molecular weight is 144 g/mol. The van der Waals surface area contributed by atoms with Gasteiger partial charge in [-0.1, -0.05) is 6.07 Å². The Morgan fingerprint density at radius 1 is 1.18 bits per heavy atom. The third-order valence-corrected chi connectivity index (χ3v) is 1.39. The number of hydrogen-bond donors (Lipinski definition) is 0. The Morgan fingerprint density at radius 2 is 2.18 bits per heavy atom. The van der Waals surface area contributed by atoms with Crippen LogP contribution in [-0.2, 0) is 0 Å². The van der Waals surface area contributed by atoms with Crippen molar-refractivity contribution in [3.8, 4) is 0 Å². The molecule has 0 spiro atoms. The molecule has 11 heavy (non-hydrogen) atoms. The highest BCUT2D eigenvalue weighted by Gasteiger charge is 2.03. The molecular weight excluding hydrogens is 138 g/mol. The van der Waals surface area contributed by atoms with Gasteiger partial charge in [0.25, 0.3) is 0 Å². The average Bonchev–Trinajstić information content (AvgIpc) is 2.58. The predicted octanol–water partition coefficient (Wildman–Crippen LogP) is 0.917. The van der Waals surface area contributed by atoms with E-state index in [1.54, 1.807) is 12.4 Å². The maximum absolute atomic E-state index is 4.12. The van der Waals surface area contributed by atoms with E-state index in [0.717, 1.165) is 11.4 Å². The number of nitrogens with zero attached hydrogens (tertiary/aromatic N) is 3. The molecule has 0 saturated carbocycles. The molecule has 1 aromatic rings. The molecule has 3 nitrogen and oxygen atoms in total. The summed E-state index contributed by atoms with van der Waals surface area (Å²) in [5, 5.41) is 3.87. The Morgan fingerprint density at radius 3 is 2.82 bits per heavy atom. The van der Waals surface area contributed by atoms with Gasteiger partial charge in [-0.05, 0) is 18.2 Å². The van der Waals surface area contributed by atoms with Crippen LogP contribution in [0, 0.1) is 0 Å². The maximum Gasteiger partial charge on any atom is 0.113 e. The van der Waals surface area contributed by atoms with Crippen LogP contribution in [0.15, 0.2) is 41.8 Å².